The molecule has 0 aromatic carbocycles. The minimum atomic E-state index is -5.60. The van der Waals surface area contributed by atoms with Crippen LogP contribution >= 0.6 is 0 Å². The fraction of sp³-hybridized carbons (Fsp3) is 0.667. The molecule has 1 nitrogen and oxygen atoms in total. The summed E-state index contributed by atoms with van der Waals surface area (Å²) in [7, 11) is 0. The third-order valence-electron chi connectivity index (χ3n) is 1.61. The van der Waals surface area contributed by atoms with Crippen molar-refractivity contribution in [2.45, 2.75) is 12.4 Å². The molecule has 7 heteroatoms. The van der Waals surface area contributed by atoms with Crippen LogP contribution in [0.5, 0.6) is 0 Å². The predicted octanol–water partition coefficient (Wildman–Crippen LogP) is 2.28. The highest BCUT2D eigenvalue weighted by Crippen LogP contribution is 2.50. The molecule has 0 radical (unpaired) electrons. The van der Waals surface area contributed by atoms with Gasteiger partial charge >= 0.3 is 12.4 Å². The molecule has 0 aliphatic rings. The van der Waals surface area contributed by atoms with Crippen LogP contribution in [0.2, 0.25) is 0 Å². The lowest BCUT2D eigenvalue weighted by Crippen LogP contribution is -2.51. The van der Waals surface area contributed by atoms with Crippen molar-refractivity contribution in [3.8, 4) is 0 Å². The van der Waals surface area contributed by atoms with Crippen LogP contribution in [0.1, 0.15) is 0 Å². The third-order valence-corrected chi connectivity index (χ3v) is 1.61. The van der Waals surface area contributed by atoms with E-state index in [0.717, 1.165) is 0 Å². The van der Waals surface area contributed by atoms with E-state index in [9.17, 15) is 26.3 Å². The zero-order valence-corrected chi connectivity index (χ0v) is 6.21. The largest absolute Gasteiger partial charge is 0.408 e. The first-order valence-corrected chi connectivity index (χ1v) is 3.00. The predicted molar refractivity (Wildman–Crippen MR) is 31.8 cm³/mol. The second-order valence-electron chi connectivity index (χ2n) is 2.33. The monoisotopic (exact) mass is 208 g/mol. The lowest BCUT2D eigenvalue weighted by molar-refractivity contribution is -0.329. The number of aliphatic hydroxyl groups is 1. The summed E-state index contributed by atoms with van der Waals surface area (Å²) in [6.07, 6.45) is -11.5. The second kappa shape index (κ2) is 3.21. The Balaban J connectivity index is 5.30. The fourth-order valence-corrected chi connectivity index (χ4v) is 0.636. The molecule has 0 unspecified atom stereocenters. The van der Waals surface area contributed by atoms with Gasteiger partial charge in [0.1, 0.15) is 0 Å². The molecule has 0 atom stereocenters. The molecule has 0 bridgehead atoms. The van der Waals surface area contributed by atoms with E-state index >= 15 is 0 Å². The molecule has 0 saturated carbocycles. The van der Waals surface area contributed by atoms with E-state index in [0.29, 0.717) is 0 Å². The van der Waals surface area contributed by atoms with E-state index in [1.807, 2.05) is 0 Å². The smallest absolute Gasteiger partial charge is 0.395 e. The summed E-state index contributed by atoms with van der Waals surface area (Å²) in [6.45, 7) is 0.343. The first-order valence-electron chi connectivity index (χ1n) is 3.00. The van der Waals surface area contributed by atoms with Gasteiger partial charge in [0.15, 0.2) is 0 Å². The van der Waals surface area contributed by atoms with E-state index < -0.39 is 24.4 Å². The minimum absolute atomic E-state index is 0.340. The molecule has 0 rings (SSSR count). The van der Waals surface area contributed by atoms with Gasteiger partial charge in [-0.25, -0.2) is 0 Å². The van der Waals surface area contributed by atoms with Gasteiger partial charge in [-0.15, -0.1) is 6.58 Å². The van der Waals surface area contributed by atoms with Gasteiger partial charge in [0.05, 0.1) is 6.61 Å². The summed E-state index contributed by atoms with van der Waals surface area (Å²) >= 11 is 0. The van der Waals surface area contributed by atoms with Gasteiger partial charge in [0.2, 0.25) is 5.41 Å². The van der Waals surface area contributed by atoms with Crippen molar-refractivity contribution in [3.63, 3.8) is 0 Å². The van der Waals surface area contributed by atoms with E-state index in [-0.39, 0.29) is 6.08 Å². The van der Waals surface area contributed by atoms with Gasteiger partial charge < -0.3 is 5.11 Å². The van der Waals surface area contributed by atoms with Crippen molar-refractivity contribution >= 4 is 0 Å². The van der Waals surface area contributed by atoms with E-state index in [1.165, 1.54) is 0 Å². The minimum Gasteiger partial charge on any atom is -0.395 e. The number of halogens is 6. The maximum atomic E-state index is 11.9. The standard InChI is InChI=1S/C6H6F6O/c1-2-4(3-13,5(7,8)9)6(10,11)12/h2,13H,1,3H2. The van der Waals surface area contributed by atoms with Crippen LogP contribution in [-0.4, -0.2) is 24.1 Å². The Bertz CT molecular complexity index is 176. The van der Waals surface area contributed by atoms with Gasteiger partial charge in [-0.05, 0) is 0 Å². The lowest BCUT2D eigenvalue weighted by atomic mass is 9.87. The second-order valence-corrected chi connectivity index (χ2v) is 2.33. The zero-order chi connectivity index (χ0) is 10.9. The average Bonchev–Trinajstić information content (AvgIpc) is 1.84. The highest BCUT2D eigenvalue weighted by Gasteiger charge is 2.68. The summed E-state index contributed by atoms with van der Waals surface area (Å²) < 4.78 is 71.5. The van der Waals surface area contributed by atoms with Gasteiger partial charge in [-0.3, -0.25) is 0 Å². The highest BCUT2D eigenvalue weighted by atomic mass is 19.4. The molecule has 0 spiro atoms. The first-order chi connectivity index (χ1) is 5.62. The topological polar surface area (TPSA) is 20.2 Å². The Morgan fingerprint density at radius 1 is 1.00 bits per heavy atom. The Labute approximate surface area is 69.7 Å². The third kappa shape index (κ3) is 1.79. The molecule has 0 saturated heterocycles. The van der Waals surface area contributed by atoms with Crippen LogP contribution in [0.25, 0.3) is 0 Å². The van der Waals surface area contributed by atoms with Crippen LogP contribution in [-0.2, 0) is 0 Å². The number of rotatable bonds is 2. The van der Waals surface area contributed by atoms with Crippen molar-refractivity contribution in [3.05, 3.63) is 12.7 Å². The Morgan fingerprint density at radius 3 is 1.31 bits per heavy atom. The number of hydrogen-bond acceptors (Lipinski definition) is 1. The fourth-order valence-electron chi connectivity index (χ4n) is 0.636. The zero-order valence-electron chi connectivity index (χ0n) is 6.21. The first kappa shape index (κ1) is 12.3. The van der Waals surface area contributed by atoms with Crippen LogP contribution in [0.4, 0.5) is 26.3 Å². The molecule has 0 aliphatic heterocycles. The molecule has 0 amide bonds. The summed E-state index contributed by atoms with van der Waals surface area (Å²) in [5.74, 6) is 0. The SMILES string of the molecule is C=CC(CO)(C(F)(F)F)C(F)(F)F. The molecule has 1 N–H and O–H groups in total. The molecule has 0 aromatic rings. The van der Waals surface area contributed by atoms with Crippen molar-refractivity contribution in [2.24, 2.45) is 5.41 Å². The number of aliphatic hydroxyl groups excluding tert-OH is 1. The van der Waals surface area contributed by atoms with Crippen LogP contribution < -0.4 is 0 Å². The Hall–Kier alpha value is -0.720. The summed E-state index contributed by atoms with van der Waals surface area (Å²) in [4.78, 5) is 0. The van der Waals surface area contributed by atoms with E-state index in [4.69, 9.17) is 5.11 Å². The molecule has 0 aromatic heterocycles. The molecule has 0 heterocycles. The highest BCUT2D eigenvalue weighted by molar-refractivity contribution is 5.05. The molecule has 78 valence electrons. The molecular weight excluding hydrogens is 202 g/mol. The van der Waals surface area contributed by atoms with Gasteiger partial charge in [0.25, 0.3) is 0 Å². The summed E-state index contributed by atoms with van der Waals surface area (Å²) in [5, 5.41) is 8.14. The van der Waals surface area contributed by atoms with Crippen molar-refractivity contribution < 1.29 is 31.4 Å². The normalized spacial score (nSPS) is 14.4. The van der Waals surface area contributed by atoms with Crippen LogP contribution in [0.3, 0.4) is 0 Å². The maximum absolute atomic E-state index is 11.9. The quantitative estimate of drug-likeness (QED) is 0.545. The van der Waals surface area contributed by atoms with Gasteiger partial charge in [-0.2, -0.15) is 26.3 Å². The number of alkyl halides is 6. The summed E-state index contributed by atoms with van der Waals surface area (Å²) in [5.41, 5.74) is -4.22. The number of hydrogen-bond donors (Lipinski definition) is 1. The Morgan fingerprint density at radius 2 is 1.31 bits per heavy atom. The average molecular weight is 208 g/mol. The van der Waals surface area contributed by atoms with Crippen LogP contribution in [0.15, 0.2) is 12.7 Å². The van der Waals surface area contributed by atoms with Crippen molar-refractivity contribution in [1.82, 2.24) is 0 Å². The summed E-state index contributed by atoms with van der Waals surface area (Å²) in [6, 6.07) is 0. The van der Waals surface area contributed by atoms with E-state index in [1.54, 1.807) is 0 Å². The van der Waals surface area contributed by atoms with E-state index in [2.05, 4.69) is 6.58 Å². The van der Waals surface area contributed by atoms with Crippen molar-refractivity contribution in [2.75, 3.05) is 6.61 Å². The van der Waals surface area contributed by atoms with Gasteiger partial charge in [-0.1, -0.05) is 6.08 Å². The molecular formula is C6H6F6O. The maximum Gasteiger partial charge on any atom is 0.408 e. The van der Waals surface area contributed by atoms with Gasteiger partial charge in [0, 0.05) is 0 Å². The van der Waals surface area contributed by atoms with Crippen molar-refractivity contribution in [1.29, 1.82) is 0 Å². The lowest BCUT2D eigenvalue weighted by Gasteiger charge is -2.32. The Kier molecular flexibility index (Phi) is 3.03. The molecule has 13 heavy (non-hydrogen) atoms. The molecule has 0 aliphatic carbocycles. The molecule has 0 fully saturated rings. The van der Waals surface area contributed by atoms with Crippen LogP contribution in [0, 0.1) is 5.41 Å².